The molecule has 0 fully saturated rings. The molecule has 0 spiro atoms. The largest absolute Gasteiger partial charge is 0.496 e. The van der Waals surface area contributed by atoms with E-state index in [2.05, 4.69) is 0 Å². The van der Waals surface area contributed by atoms with Crippen LogP contribution in [0.5, 0.6) is 11.5 Å². The predicted molar refractivity (Wildman–Crippen MR) is 127 cm³/mol. The van der Waals surface area contributed by atoms with Gasteiger partial charge in [-0.05, 0) is 81.5 Å². The first-order chi connectivity index (χ1) is 16.1. The number of carbonyl (C=O) groups is 2. The van der Waals surface area contributed by atoms with E-state index in [1.54, 1.807) is 9.80 Å². The Balaban J connectivity index is 1.66. The van der Waals surface area contributed by atoms with Crippen molar-refractivity contribution in [3.05, 3.63) is 52.3 Å². The predicted octanol–water partition coefficient (Wildman–Crippen LogP) is 4.52. The summed E-state index contributed by atoms with van der Waals surface area (Å²) >= 11 is 0. The van der Waals surface area contributed by atoms with Gasteiger partial charge in [-0.2, -0.15) is 0 Å². The van der Waals surface area contributed by atoms with Crippen LogP contribution in [0.25, 0.3) is 0 Å². The van der Waals surface area contributed by atoms with Gasteiger partial charge in [-0.1, -0.05) is 0 Å². The molecule has 2 heterocycles. The number of fused-ring (bicyclic) bond motifs is 2. The van der Waals surface area contributed by atoms with Gasteiger partial charge in [0.15, 0.2) is 0 Å². The molecule has 182 valence electrons. The third kappa shape index (κ3) is 4.67. The highest BCUT2D eigenvalue weighted by atomic mass is 19.1. The number of ether oxygens (including phenoxy) is 3. The molecule has 2 amide bonds. The van der Waals surface area contributed by atoms with Crippen molar-refractivity contribution < 1.29 is 28.2 Å². The molecule has 4 rings (SSSR count). The highest BCUT2D eigenvalue weighted by molar-refractivity contribution is 6.09. The summed E-state index contributed by atoms with van der Waals surface area (Å²) in [6.45, 7) is 9.27. The van der Waals surface area contributed by atoms with Gasteiger partial charge in [0.25, 0.3) is 5.91 Å². The quantitative estimate of drug-likeness (QED) is 0.646. The highest BCUT2D eigenvalue weighted by Crippen LogP contribution is 2.41. The third-order valence-corrected chi connectivity index (χ3v) is 6.15. The maximum Gasteiger partial charge on any atom is 0.410 e. The van der Waals surface area contributed by atoms with E-state index in [-0.39, 0.29) is 17.6 Å². The highest BCUT2D eigenvalue weighted by Gasteiger charge is 2.32. The standard InChI is InChI=1S/C26H31FN2O5/c1-16-19-9-11-28(25(31)34-26(2,3)4)10-8-17(19)14-22-23(16)29(12-13-33-22)24(30)20-15-18(27)6-7-21(20)32-5/h6-7,14-15H,8-13H2,1-5H3. The first-order valence-electron chi connectivity index (χ1n) is 11.5. The lowest BCUT2D eigenvalue weighted by Crippen LogP contribution is -2.39. The van der Waals surface area contributed by atoms with Crippen molar-refractivity contribution in [1.29, 1.82) is 0 Å². The molecular formula is C26H31FN2O5. The van der Waals surface area contributed by atoms with E-state index in [1.165, 1.54) is 25.3 Å². The second-order valence-corrected chi connectivity index (χ2v) is 9.60. The number of hydrogen-bond donors (Lipinski definition) is 0. The molecule has 0 saturated heterocycles. The second-order valence-electron chi connectivity index (χ2n) is 9.60. The van der Waals surface area contributed by atoms with Gasteiger partial charge in [0.2, 0.25) is 0 Å². The van der Waals surface area contributed by atoms with Gasteiger partial charge in [0.05, 0.1) is 24.9 Å². The molecule has 8 heteroatoms. The Labute approximate surface area is 199 Å². The monoisotopic (exact) mass is 470 g/mol. The van der Waals surface area contributed by atoms with Crippen molar-refractivity contribution in [2.45, 2.75) is 46.1 Å². The number of halogens is 1. The molecule has 7 nitrogen and oxygen atoms in total. The zero-order valence-corrected chi connectivity index (χ0v) is 20.4. The van der Waals surface area contributed by atoms with E-state index in [1.807, 2.05) is 33.8 Å². The van der Waals surface area contributed by atoms with Crippen LogP contribution in [0, 0.1) is 12.7 Å². The summed E-state index contributed by atoms with van der Waals surface area (Å²) in [5.74, 6) is 0.100. The number of carbonyl (C=O) groups excluding carboxylic acids is 2. The lowest BCUT2D eigenvalue weighted by Gasteiger charge is -2.33. The molecule has 2 aromatic carbocycles. The molecule has 2 aromatic rings. The Hall–Kier alpha value is -3.29. The summed E-state index contributed by atoms with van der Waals surface area (Å²) < 4.78 is 30.8. The number of rotatable bonds is 2. The van der Waals surface area contributed by atoms with Gasteiger partial charge in [-0.25, -0.2) is 9.18 Å². The van der Waals surface area contributed by atoms with Crippen LogP contribution in [0.2, 0.25) is 0 Å². The normalized spacial score (nSPS) is 15.6. The summed E-state index contributed by atoms with van der Waals surface area (Å²) in [5.41, 5.74) is 3.42. The van der Waals surface area contributed by atoms with Gasteiger partial charge in [-0.15, -0.1) is 0 Å². The summed E-state index contributed by atoms with van der Waals surface area (Å²) in [5, 5.41) is 0. The lowest BCUT2D eigenvalue weighted by molar-refractivity contribution is 0.0258. The number of amides is 2. The molecule has 0 bridgehead atoms. The van der Waals surface area contributed by atoms with E-state index in [4.69, 9.17) is 14.2 Å². The van der Waals surface area contributed by atoms with Gasteiger partial charge in [0.1, 0.15) is 29.5 Å². The van der Waals surface area contributed by atoms with Crippen molar-refractivity contribution >= 4 is 17.7 Å². The maximum absolute atomic E-state index is 14.0. The average Bonchev–Trinajstić information content (AvgIpc) is 3.00. The Bertz CT molecular complexity index is 1130. The van der Waals surface area contributed by atoms with E-state index in [0.717, 1.165) is 16.7 Å². The van der Waals surface area contributed by atoms with Gasteiger partial charge in [0, 0.05) is 13.1 Å². The number of benzene rings is 2. The SMILES string of the molecule is COc1ccc(F)cc1C(=O)N1CCOc2cc3c(c(C)c21)CCN(C(=O)OC(C)(C)C)CC3. The molecule has 0 unspecified atom stereocenters. The van der Waals surface area contributed by atoms with E-state index < -0.39 is 11.4 Å². The first-order valence-corrected chi connectivity index (χ1v) is 11.5. The molecule has 0 N–H and O–H groups in total. The second kappa shape index (κ2) is 9.16. The molecule has 0 aromatic heterocycles. The topological polar surface area (TPSA) is 68.3 Å². The number of nitrogens with zero attached hydrogens (tertiary/aromatic N) is 2. The fourth-order valence-corrected chi connectivity index (χ4v) is 4.58. The van der Waals surface area contributed by atoms with Crippen molar-refractivity contribution in [1.82, 2.24) is 4.90 Å². The first kappa shape index (κ1) is 23.9. The van der Waals surface area contributed by atoms with Crippen molar-refractivity contribution in [2.75, 3.05) is 38.3 Å². The Morgan fingerprint density at radius 3 is 2.53 bits per heavy atom. The average molecular weight is 471 g/mol. The van der Waals surface area contributed by atoms with Crippen LogP contribution < -0.4 is 14.4 Å². The number of methoxy groups -OCH3 is 1. The zero-order valence-electron chi connectivity index (χ0n) is 20.4. The fourth-order valence-electron chi connectivity index (χ4n) is 4.58. The molecule has 0 radical (unpaired) electrons. The minimum atomic E-state index is -0.558. The van der Waals surface area contributed by atoms with Crippen molar-refractivity contribution in [2.24, 2.45) is 0 Å². The molecule has 0 aliphatic carbocycles. The van der Waals surface area contributed by atoms with Crippen molar-refractivity contribution in [3.8, 4) is 11.5 Å². The van der Waals surface area contributed by atoms with Crippen LogP contribution in [0.15, 0.2) is 24.3 Å². The minimum absolute atomic E-state index is 0.167. The van der Waals surface area contributed by atoms with Crippen LogP contribution in [0.1, 0.15) is 47.8 Å². The summed E-state index contributed by atoms with van der Waals surface area (Å²) in [4.78, 5) is 29.5. The Morgan fingerprint density at radius 2 is 1.82 bits per heavy atom. The fraction of sp³-hybridized carbons (Fsp3) is 0.462. The number of anilines is 1. The van der Waals surface area contributed by atoms with E-state index in [9.17, 15) is 14.0 Å². The minimum Gasteiger partial charge on any atom is -0.496 e. The molecule has 2 aliphatic heterocycles. The number of hydrogen-bond acceptors (Lipinski definition) is 5. The van der Waals surface area contributed by atoms with E-state index in [0.29, 0.717) is 56.3 Å². The Kier molecular flexibility index (Phi) is 6.43. The molecule has 2 aliphatic rings. The van der Waals surface area contributed by atoms with E-state index >= 15 is 0 Å². The van der Waals surface area contributed by atoms with Crippen LogP contribution in [-0.2, 0) is 17.6 Å². The smallest absolute Gasteiger partial charge is 0.410 e. The summed E-state index contributed by atoms with van der Waals surface area (Å²) in [7, 11) is 1.46. The van der Waals surface area contributed by atoms with Crippen molar-refractivity contribution in [3.63, 3.8) is 0 Å². The Morgan fingerprint density at radius 1 is 1.09 bits per heavy atom. The van der Waals surface area contributed by atoms with Crippen LogP contribution in [0.4, 0.5) is 14.9 Å². The molecule has 0 saturated carbocycles. The summed E-state index contributed by atoms with van der Waals surface area (Å²) in [6.07, 6.45) is 0.977. The van der Waals surface area contributed by atoms with Crippen LogP contribution in [0.3, 0.4) is 0 Å². The van der Waals surface area contributed by atoms with Gasteiger partial charge in [-0.3, -0.25) is 4.79 Å². The maximum atomic E-state index is 14.0. The molecule has 34 heavy (non-hydrogen) atoms. The third-order valence-electron chi connectivity index (χ3n) is 6.15. The van der Waals surface area contributed by atoms with Crippen LogP contribution in [-0.4, -0.2) is 55.9 Å². The van der Waals surface area contributed by atoms with Gasteiger partial charge < -0.3 is 24.0 Å². The molecule has 0 atom stereocenters. The molecular weight excluding hydrogens is 439 g/mol. The van der Waals surface area contributed by atoms with Crippen LogP contribution >= 0.6 is 0 Å². The lowest BCUT2D eigenvalue weighted by atomic mass is 9.94. The summed E-state index contributed by atoms with van der Waals surface area (Å²) in [6, 6.07) is 5.90. The van der Waals surface area contributed by atoms with Gasteiger partial charge >= 0.3 is 6.09 Å². The zero-order chi connectivity index (χ0) is 24.6.